The van der Waals surface area contributed by atoms with Gasteiger partial charge in [-0.15, -0.1) is 0 Å². The van der Waals surface area contributed by atoms with Gasteiger partial charge in [0.15, 0.2) is 0 Å². The van der Waals surface area contributed by atoms with Crippen molar-refractivity contribution in [2.45, 2.75) is 25.0 Å². The van der Waals surface area contributed by atoms with Gasteiger partial charge in [0, 0.05) is 42.8 Å². The van der Waals surface area contributed by atoms with Crippen molar-refractivity contribution in [2.75, 3.05) is 26.7 Å². The van der Waals surface area contributed by atoms with Crippen molar-refractivity contribution >= 4 is 23.2 Å². The van der Waals surface area contributed by atoms with Gasteiger partial charge in [-0.2, -0.15) is 0 Å². The first kappa shape index (κ1) is 15.1. The van der Waals surface area contributed by atoms with Crippen molar-refractivity contribution in [3.05, 3.63) is 33.8 Å². The molecule has 5 heteroatoms. The van der Waals surface area contributed by atoms with E-state index in [0.29, 0.717) is 17.7 Å². The number of halogens is 2. The summed E-state index contributed by atoms with van der Waals surface area (Å²) in [5, 5.41) is 1.43. The van der Waals surface area contributed by atoms with Crippen molar-refractivity contribution in [2.24, 2.45) is 5.73 Å². The Morgan fingerprint density at radius 1 is 1.37 bits per heavy atom. The van der Waals surface area contributed by atoms with Gasteiger partial charge in [-0.3, -0.25) is 4.90 Å². The molecule has 1 atom stereocenters. The first-order valence-electron chi connectivity index (χ1n) is 6.57. The van der Waals surface area contributed by atoms with Crippen LogP contribution in [0.3, 0.4) is 0 Å². The molecule has 1 aromatic rings. The zero-order valence-corrected chi connectivity index (χ0v) is 12.6. The molecule has 0 bridgehead atoms. The standard InChI is InChI=1S/C14H20Cl2N2O/c1-19-11-4-6-18(7-5-11)14(9-17)12-8-10(15)2-3-13(12)16/h2-3,8,11,14H,4-7,9,17H2,1H3. The van der Waals surface area contributed by atoms with Crippen LogP contribution in [0.2, 0.25) is 10.0 Å². The molecule has 0 aliphatic carbocycles. The number of ether oxygens (including phenoxy) is 1. The second-order valence-corrected chi connectivity index (χ2v) is 5.73. The average Bonchev–Trinajstić information content (AvgIpc) is 2.44. The molecular weight excluding hydrogens is 283 g/mol. The van der Waals surface area contributed by atoms with E-state index < -0.39 is 0 Å². The number of benzene rings is 1. The lowest BCUT2D eigenvalue weighted by molar-refractivity contribution is 0.0280. The predicted octanol–water partition coefficient (Wildman–Crippen LogP) is 3.10. The normalized spacial score (nSPS) is 19.6. The van der Waals surface area contributed by atoms with E-state index in [-0.39, 0.29) is 6.04 Å². The van der Waals surface area contributed by atoms with Crippen LogP contribution in [0.4, 0.5) is 0 Å². The summed E-state index contributed by atoms with van der Waals surface area (Å²) in [5.41, 5.74) is 6.97. The van der Waals surface area contributed by atoms with Gasteiger partial charge >= 0.3 is 0 Å². The van der Waals surface area contributed by atoms with Gasteiger partial charge in [-0.05, 0) is 36.6 Å². The molecule has 1 saturated heterocycles. The molecule has 19 heavy (non-hydrogen) atoms. The topological polar surface area (TPSA) is 38.5 Å². The van der Waals surface area contributed by atoms with Crippen molar-refractivity contribution in [3.8, 4) is 0 Å². The maximum absolute atomic E-state index is 6.28. The molecule has 0 radical (unpaired) electrons. The van der Waals surface area contributed by atoms with E-state index in [1.54, 1.807) is 13.2 Å². The minimum Gasteiger partial charge on any atom is -0.381 e. The molecule has 0 amide bonds. The first-order chi connectivity index (χ1) is 9.15. The number of piperidine rings is 1. The van der Waals surface area contributed by atoms with Crippen LogP contribution in [-0.4, -0.2) is 37.7 Å². The summed E-state index contributed by atoms with van der Waals surface area (Å²) in [5.74, 6) is 0. The Morgan fingerprint density at radius 3 is 2.63 bits per heavy atom. The fourth-order valence-corrected chi connectivity index (χ4v) is 3.09. The third-order valence-electron chi connectivity index (χ3n) is 3.79. The van der Waals surface area contributed by atoms with Gasteiger partial charge in [-0.25, -0.2) is 0 Å². The van der Waals surface area contributed by atoms with Crippen LogP contribution in [0, 0.1) is 0 Å². The number of nitrogens with zero attached hydrogens (tertiary/aromatic N) is 1. The van der Waals surface area contributed by atoms with Crippen LogP contribution in [0.15, 0.2) is 18.2 Å². The predicted molar refractivity (Wildman–Crippen MR) is 79.9 cm³/mol. The van der Waals surface area contributed by atoms with E-state index >= 15 is 0 Å². The second kappa shape index (κ2) is 6.91. The SMILES string of the molecule is COC1CCN(C(CN)c2cc(Cl)ccc2Cl)CC1. The van der Waals surface area contributed by atoms with E-state index in [2.05, 4.69) is 4.90 Å². The highest BCUT2D eigenvalue weighted by atomic mass is 35.5. The molecule has 1 heterocycles. The molecule has 3 nitrogen and oxygen atoms in total. The number of hydrogen-bond acceptors (Lipinski definition) is 3. The summed E-state index contributed by atoms with van der Waals surface area (Å²) in [6, 6.07) is 5.69. The second-order valence-electron chi connectivity index (χ2n) is 4.89. The van der Waals surface area contributed by atoms with Crippen LogP contribution in [0.25, 0.3) is 0 Å². The van der Waals surface area contributed by atoms with Gasteiger partial charge in [0.1, 0.15) is 0 Å². The summed E-state index contributed by atoms with van der Waals surface area (Å²) in [7, 11) is 1.77. The van der Waals surface area contributed by atoms with Gasteiger partial charge in [0.05, 0.1) is 6.10 Å². The molecule has 2 rings (SSSR count). The Hall–Kier alpha value is -0.320. The number of rotatable bonds is 4. The highest BCUT2D eigenvalue weighted by Gasteiger charge is 2.26. The summed E-state index contributed by atoms with van der Waals surface area (Å²) in [6.07, 6.45) is 2.43. The molecule has 1 aromatic carbocycles. The van der Waals surface area contributed by atoms with Crippen molar-refractivity contribution in [1.82, 2.24) is 4.90 Å². The summed E-state index contributed by atoms with van der Waals surface area (Å²) in [6.45, 7) is 2.49. The van der Waals surface area contributed by atoms with E-state index in [1.807, 2.05) is 12.1 Å². The molecule has 106 valence electrons. The Balaban J connectivity index is 2.14. The van der Waals surface area contributed by atoms with Gasteiger partial charge in [0.25, 0.3) is 0 Å². The van der Waals surface area contributed by atoms with E-state index in [0.717, 1.165) is 36.5 Å². The maximum atomic E-state index is 6.28. The monoisotopic (exact) mass is 302 g/mol. The summed E-state index contributed by atoms with van der Waals surface area (Å²) < 4.78 is 5.40. The zero-order chi connectivity index (χ0) is 13.8. The average molecular weight is 303 g/mol. The van der Waals surface area contributed by atoms with Gasteiger partial charge in [0.2, 0.25) is 0 Å². The first-order valence-corrected chi connectivity index (χ1v) is 7.33. The van der Waals surface area contributed by atoms with E-state index in [1.165, 1.54) is 0 Å². The largest absolute Gasteiger partial charge is 0.381 e. The molecule has 0 spiro atoms. The fraction of sp³-hybridized carbons (Fsp3) is 0.571. The Kier molecular flexibility index (Phi) is 5.48. The number of methoxy groups -OCH3 is 1. The maximum Gasteiger partial charge on any atom is 0.0595 e. The number of likely N-dealkylation sites (tertiary alicyclic amines) is 1. The Labute approximate surface area is 124 Å². The lowest BCUT2D eigenvalue weighted by atomic mass is 10.0. The number of hydrogen-bond donors (Lipinski definition) is 1. The highest BCUT2D eigenvalue weighted by Crippen LogP contribution is 2.31. The lowest BCUT2D eigenvalue weighted by Gasteiger charge is -2.37. The van der Waals surface area contributed by atoms with Crippen molar-refractivity contribution in [1.29, 1.82) is 0 Å². The third kappa shape index (κ3) is 3.61. The molecule has 2 N–H and O–H groups in total. The van der Waals surface area contributed by atoms with Crippen LogP contribution < -0.4 is 5.73 Å². The minimum atomic E-state index is 0.129. The molecule has 1 fully saturated rings. The molecule has 1 aliphatic heterocycles. The summed E-state index contributed by atoms with van der Waals surface area (Å²) in [4.78, 5) is 2.37. The van der Waals surface area contributed by atoms with E-state index in [9.17, 15) is 0 Å². The fourth-order valence-electron chi connectivity index (χ4n) is 2.67. The summed E-state index contributed by atoms with van der Waals surface area (Å²) >= 11 is 12.3. The molecule has 1 unspecified atom stereocenters. The Bertz CT molecular complexity index is 420. The quantitative estimate of drug-likeness (QED) is 0.929. The van der Waals surface area contributed by atoms with Crippen molar-refractivity contribution in [3.63, 3.8) is 0 Å². The Morgan fingerprint density at radius 2 is 2.05 bits per heavy atom. The molecular formula is C14H20Cl2N2O. The smallest absolute Gasteiger partial charge is 0.0595 e. The van der Waals surface area contributed by atoms with Crippen LogP contribution in [-0.2, 0) is 4.74 Å². The van der Waals surface area contributed by atoms with Crippen LogP contribution >= 0.6 is 23.2 Å². The number of nitrogens with two attached hydrogens (primary N) is 1. The van der Waals surface area contributed by atoms with Crippen molar-refractivity contribution < 1.29 is 4.74 Å². The zero-order valence-electron chi connectivity index (χ0n) is 11.1. The lowest BCUT2D eigenvalue weighted by Crippen LogP contribution is -2.41. The highest BCUT2D eigenvalue weighted by molar-refractivity contribution is 6.33. The van der Waals surface area contributed by atoms with E-state index in [4.69, 9.17) is 33.7 Å². The van der Waals surface area contributed by atoms with Crippen LogP contribution in [0.1, 0.15) is 24.4 Å². The molecule has 1 aliphatic rings. The molecule has 0 saturated carbocycles. The minimum absolute atomic E-state index is 0.129. The van der Waals surface area contributed by atoms with Gasteiger partial charge in [-0.1, -0.05) is 23.2 Å². The molecule has 0 aromatic heterocycles. The van der Waals surface area contributed by atoms with Gasteiger partial charge < -0.3 is 10.5 Å². The van der Waals surface area contributed by atoms with Crippen LogP contribution in [0.5, 0.6) is 0 Å². The third-order valence-corrected chi connectivity index (χ3v) is 4.37.